The third-order valence-electron chi connectivity index (χ3n) is 4.64. The number of hydrogen-bond acceptors (Lipinski definition) is 6. The fraction of sp³-hybridized carbons (Fsp3) is 0.0435. The number of rotatable bonds is 6. The van der Waals surface area contributed by atoms with Crippen molar-refractivity contribution in [2.45, 2.75) is 6.92 Å². The molecule has 0 aliphatic heterocycles. The molecule has 0 aliphatic carbocycles. The second-order valence-corrected chi connectivity index (χ2v) is 6.89. The van der Waals surface area contributed by atoms with Crippen LogP contribution in [0.4, 0.5) is 17.1 Å². The van der Waals surface area contributed by atoms with Gasteiger partial charge in [0.15, 0.2) is 11.5 Å². The van der Waals surface area contributed by atoms with Crippen LogP contribution in [-0.2, 0) is 0 Å². The number of amides is 2. The first-order valence-corrected chi connectivity index (χ1v) is 9.52. The minimum absolute atomic E-state index is 0.0187. The molecular formula is C23H17N3O6. The molecule has 2 aromatic heterocycles. The number of carbonyl (C=O) groups excluding carboxylic acids is 2. The lowest BCUT2D eigenvalue weighted by Gasteiger charge is -2.07. The van der Waals surface area contributed by atoms with Crippen LogP contribution in [0.2, 0.25) is 0 Å². The Hall–Kier alpha value is -4.66. The molecule has 0 bridgehead atoms. The van der Waals surface area contributed by atoms with Crippen molar-refractivity contribution in [2.75, 3.05) is 10.6 Å². The molecule has 32 heavy (non-hydrogen) atoms. The first-order chi connectivity index (χ1) is 15.4. The van der Waals surface area contributed by atoms with Crippen molar-refractivity contribution < 1.29 is 23.3 Å². The topological polar surface area (TPSA) is 128 Å². The predicted molar refractivity (Wildman–Crippen MR) is 117 cm³/mol. The van der Waals surface area contributed by atoms with Crippen LogP contribution >= 0.6 is 0 Å². The highest BCUT2D eigenvalue weighted by molar-refractivity contribution is 6.04. The Morgan fingerprint density at radius 1 is 0.875 bits per heavy atom. The summed E-state index contributed by atoms with van der Waals surface area (Å²) in [6, 6.07) is 17.3. The zero-order chi connectivity index (χ0) is 22.7. The van der Waals surface area contributed by atoms with Crippen LogP contribution in [0, 0.1) is 17.0 Å². The van der Waals surface area contributed by atoms with Crippen molar-refractivity contribution in [1.82, 2.24) is 0 Å². The number of non-ortho nitro benzene ring substituents is 1. The molecule has 2 amide bonds. The smallest absolute Gasteiger partial charge is 0.291 e. The Balaban J connectivity index is 1.47. The second kappa shape index (κ2) is 8.60. The van der Waals surface area contributed by atoms with Crippen molar-refractivity contribution in [1.29, 1.82) is 0 Å². The first-order valence-electron chi connectivity index (χ1n) is 9.52. The zero-order valence-corrected chi connectivity index (χ0v) is 16.8. The highest BCUT2D eigenvalue weighted by atomic mass is 16.6. The van der Waals surface area contributed by atoms with E-state index in [2.05, 4.69) is 10.6 Å². The number of nitro benzene ring substituents is 1. The van der Waals surface area contributed by atoms with E-state index in [0.29, 0.717) is 28.3 Å². The molecule has 0 saturated heterocycles. The van der Waals surface area contributed by atoms with Crippen LogP contribution in [0.5, 0.6) is 0 Å². The fourth-order valence-electron chi connectivity index (χ4n) is 3.11. The Morgan fingerprint density at radius 2 is 1.59 bits per heavy atom. The van der Waals surface area contributed by atoms with E-state index >= 15 is 0 Å². The molecular weight excluding hydrogens is 414 g/mol. The van der Waals surface area contributed by atoms with E-state index in [1.54, 1.807) is 55.5 Å². The summed E-state index contributed by atoms with van der Waals surface area (Å²) in [6.45, 7) is 1.73. The first kappa shape index (κ1) is 20.6. The molecule has 2 N–H and O–H groups in total. The van der Waals surface area contributed by atoms with Gasteiger partial charge < -0.3 is 19.5 Å². The summed E-state index contributed by atoms with van der Waals surface area (Å²) < 4.78 is 10.7. The van der Waals surface area contributed by atoms with E-state index in [4.69, 9.17) is 8.83 Å². The average Bonchev–Trinajstić information content (AvgIpc) is 3.46. The molecule has 2 heterocycles. The minimum atomic E-state index is -0.481. The van der Waals surface area contributed by atoms with Gasteiger partial charge >= 0.3 is 0 Å². The van der Waals surface area contributed by atoms with Crippen LogP contribution < -0.4 is 10.6 Å². The standard InChI is InChI=1S/C23H17N3O6/c1-14-12-17(26(29)30)7-8-18(14)19-9-10-21(32-19)23(28)25-16-5-2-4-15(13-16)24-22(27)20-6-3-11-31-20/h2-13H,1H3,(H,24,27)(H,25,28). The molecule has 0 unspecified atom stereocenters. The van der Waals surface area contributed by atoms with E-state index in [0.717, 1.165) is 0 Å². The van der Waals surface area contributed by atoms with Crippen molar-refractivity contribution in [3.8, 4) is 11.3 Å². The number of aryl methyl sites for hydroxylation is 1. The van der Waals surface area contributed by atoms with Crippen LogP contribution in [0.25, 0.3) is 11.3 Å². The summed E-state index contributed by atoms with van der Waals surface area (Å²) >= 11 is 0. The molecule has 4 aromatic rings. The van der Waals surface area contributed by atoms with Gasteiger partial charge in [-0.3, -0.25) is 19.7 Å². The average molecular weight is 431 g/mol. The molecule has 4 rings (SSSR count). The van der Waals surface area contributed by atoms with E-state index in [9.17, 15) is 19.7 Å². The maximum Gasteiger partial charge on any atom is 0.291 e. The van der Waals surface area contributed by atoms with Crippen molar-refractivity contribution >= 4 is 28.9 Å². The SMILES string of the molecule is Cc1cc([N+](=O)[O-])ccc1-c1ccc(C(=O)Nc2cccc(NC(=O)c3ccco3)c2)o1. The van der Waals surface area contributed by atoms with Crippen LogP contribution in [0.3, 0.4) is 0 Å². The normalized spacial score (nSPS) is 10.5. The van der Waals surface area contributed by atoms with E-state index < -0.39 is 16.7 Å². The molecule has 9 heteroatoms. The number of nitrogens with one attached hydrogen (secondary N) is 2. The van der Waals surface area contributed by atoms with Gasteiger partial charge in [0.2, 0.25) is 0 Å². The van der Waals surface area contributed by atoms with Gasteiger partial charge in [0, 0.05) is 29.1 Å². The predicted octanol–water partition coefficient (Wildman–Crippen LogP) is 5.26. The highest BCUT2D eigenvalue weighted by Crippen LogP contribution is 2.29. The molecule has 2 aromatic carbocycles. The lowest BCUT2D eigenvalue weighted by molar-refractivity contribution is -0.384. The van der Waals surface area contributed by atoms with Gasteiger partial charge in [-0.05, 0) is 61.0 Å². The monoisotopic (exact) mass is 431 g/mol. The Morgan fingerprint density at radius 3 is 2.22 bits per heavy atom. The number of nitro groups is 1. The Labute approximate surface area is 181 Å². The molecule has 0 spiro atoms. The quantitative estimate of drug-likeness (QED) is 0.317. The van der Waals surface area contributed by atoms with Crippen LogP contribution in [0.15, 0.2) is 81.8 Å². The van der Waals surface area contributed by atoms with Crippen molar-refractivity contribution in [3.63, 3.8) is 0 Å². The number of anilines is 2. The van der Waals surface area contributed by atoms with Gasteiger partial charge in [0.1, 0.15) is 5.76 Å². The summed E-state index contributed by atoms with van der Waals surface area (Å²) in [4.78, 5) is 35.2. The van der Waals surface area contributed by atoms with Gasteiger partial charge in [0.25, 0.3) is 17.5 Å². The summed E-state index contributed by atoms with van der Waals surface area (Å²) in [5.74, 6) is -0.230. The van der Waals surface area contributed by atoms with Crippen molar-refractivity contribution in [2.24, 2.45) is 0 Å². The molecule has 0 radical (unpaired) electrons. The highest BCUT2D eigenvalue weighted by Gasteiger charge is 2.16. The molecule has 0 atom stereocenters. The number of benzene rings is 2. The van der Waals surface area contributed by atoms with E-state index in [1.807, 2.05) is 0 Å². The number of carbonyl (C=O) groups is 2. The molecule has 9 nitrogen and oxygen atoms in total. The largest absolute Gasteiger partial charge is 0.459 e. The zero-order valence-electron chi connectivity index (χ0n) is 16.8. The summed E-state index contributed by atoms with van der Waals surface area (Å²) in [6.07, 6.45) is 1.40. The Bertz CT molecular complexity index is 1310. The molecule has 160 valence electrons. The van der Waals surface area contributed by atoms with Gasteiger partial charge in [-0.1, -0.05) is 6.07 Å². The number of furan rings is 2. The summed E-state index contributed by atoms with van der Waals surface area (Å²) in [5, 5.41) is 16.3. The molecule has 0 aliphatic rings. The van der Waals surface area contributed by atoms with Gasteiger partial charge in [-0.25, -0.2) is 0 Å². The second-order valence-electron chi connectivity index (χ2n) is 6.89. The fourth-order valence-corrected chi connectivity index (χ4v) is 3.11. The van der Waals surface area contributed by atoms with Gasteiger partial charge in [-0.2, -0.15) is 0 Å². The minimum Gasteiger partial charge on any atom is -0.459 e. The van der Waals surface area contributed by atoms with Crippen LogP contribution in [-0.4, -0.2) is 16.7 Å². The third-order valence-corrected chi connectivity index (χ3v) is 4.64. The lowest BCUT2D eigenvalue weighted by atomic mass is 10.1. The summed E-state index contributed by atoms with van der Waals surface area (Å²) in [7, 11) is 0. The van der Waals surface area contributed by atoms with Gasteiger partial charge in [0.05, 0.1) is 11.2 Å². The van der Waals surface area contributed by atoms with E-state index in [1.165, 1.54) is 24.5 Å². The number of nitrogens with zero attached hydrogens (tertiary/aromatic N) is 1. The summed E-state index contributed by atoms with van der Waals surface area (Å²) in [5.41, 5.74) is 2.22. The van der Waals surface area contributed by atoms with Crippen molar-refractivity contribution in [3.05, 3.63) is 100 Å². The third kappa shape index (κ3) is 4.41. The lowest BCUT2D eigenvalue weighted by Crippen LogP contribution is -2.13. The maximum atomic E-state index is 12.6. The molecule has 0 saturated carbocycles. The number of hydrogen-bond donors (Lipinski definition) is 2. The molecule has 0 fully saturated rings. The van der Waals surface area contributed by atoms with Gasteiger partial charge in [-0.15, -0.1) is 0 Å². The maximum absolute atomic E-state index is 12.6. The Kier molecular flexibility index (Phi) is 5.54. The van der Waals surface area contributed by atoms with E-state index in [-0.39, 0.29) is 17.2 Å². The van der Waals surface area contributed by atoms with Crippen LogP contribution in [0.1, 0.15) is 26.7 Å².